The SMILES string of the molecule is CONC1c2c(Cl)c(Cl)cc(Cl)c2OC1C. The molecule has 2 rings (SSSR count). The van der Waals surface area contributed by atoms with Crippen molar-refractivity contribution in [2.75, 3.05) is 7.11 Å². The highest BCUT2D eigenvalue weighted by Crippen LogP contribution is 2.48. The van der Waals surface area contributed by atoms with Gasteiger partial charge in [0.2, 0.25) is 0 Å². The van der Waals surface area contributed by atoms with Crippen molar-refractivity contribution >= 4 is 34.8 Å². The highest BCUT2D eigenvalue weighted by atomic mass is 35.5. The van der Waals surface area contributed by atoms with Gasteiger partial charge < -0.3 is 9.57 Å². The summed E-state index contributed by atoms with van der Waals surface area (Å²) in [4.78, 5) is 4.91. The van der Waals surface area contributed by atoms with Gasteiger partial charge in [-0.15, -0.1) is 0 Å². The van der Waals surface area contributed by atoms with Gasteiger partial charge >= 0.3 is 0 Å². The molecule has 0 amide bonds. The number of ether oxygens (including phenoxy) is 1. The van der Waals surface area contributed by atoms with Crippen LogP contribution in [0.2, 0.25) is 15.1 Å². The lowest BCUT2D eigenvalue weighted by Crippen LogP contribution is -2.28. The summed E-state index contributed by atoms with van der Waals surface area (Å²) in [7, 11) is 1.53. The van der Waals surface area contributed by atoms with Crippen molar-refractivity contribution in [3.8, 4) is 5.75 Å². The van der Waals surface area contributed by atoms with Crippen LogP contribution < -0.4 is 10.2 Å². The molecule has 0 aliphatic carbocycles. The van der Waals surface area contributed by atoms with E-state index in [9.17, 15) is 0 Å². The van der Waals surface area contributed by atoms with Crippen LogP contribution in [0.25, 0.3) is 0 Å². The smallest absolute Gasteiger partial charge is 0.145 e. The number of hydrogen-bond donors (Lipinski definition) is 1. The Labute approximate surface area is 109 Å². The minimum absolute atomic E-state index is 0.122. The van der Waals surface area contributed by atoms with Crippen LogP contribution in [-0.2, 0) is 4.84 Å². The third kappa shape index (κ3) is 1.87. The van der Waals surface area contributed by atoms with Crippen LogP contribution in [0.3, 0.4) is 0 Å². The molecule has 88 valence electrons. The number of fused-ring (bicyclic) bond motifs is 1. The molecule has 0 fully saturated rings. The van der Waals surface area contributed by atoms with Crippen LogP contribution in [0.5, 0.6) is 5.75 Å². The fraction of sp³-hybridized carbons (Fsp3) is 0.400. The summed E-state index contributed by atoms with van der Waals surface area (Å²) < 4.78 is 5.62. The molecule has 1 heterocycles. The van der Waals surface area contributed by atoms with Gasteiger partial charge in [0.25, 0.3) is 0 Å². The summed E-state index contributed by atoms with van der Waals surface area (Å²) >= 11 is 18.2. The summed E-state index contributed by atoms with van der Waals surface area (Å²) in [6.45, 7) is 1.90. The first kappa shape index (κ1) is 12.3. The zero-order valence-electron chi connectivity index (χ0n) is 8.68. The van der Waals surface area contributed by atoms with E-state index in [0.717, 1.165) is 5.56 Å². The number of nitrogens with one attached hydrogen (secondary N) is 1. The van der Waals surface area contributed by atoms with Crippen molar-refractivity contribution < 1.29 is 9.57 Å². The average Bonchev–Trinajstić information content (AvgIpc) is 2.55. The summed E-state index contributed by atoms with van der Waals surface area (Å²) in [6, 6.07) is 1.40. The average molecular weight is 283 g/mol. The number of rotatable bonds is 2. The molecule has 0 aromatic heterocycles. The van der Waals surface area contributed by atoms with Gasteiger partial charge in [-0.2, -0.15) is 5.48 Å². The van der Waals surface area contributed by atoms with Gasteiger partial charge in [-0.05, 0) is 13.0 Å². The van der Waals surface area contributed by atoms with Gasteiger partial charge in [0, 0.05) is 5.56 Å². The Morgan fingerprint density at radius 2 is 2.00 bits per heavy atom. The van der Waals surface area contributed by atoms with Gasteiger partial charge in [-0.1, -0.05) is 34.8 Å². The summed E-state index contributed by atoms with van der Waals surface area (Å²) in [5.74, 6) is 0.568. The monoisotopic (exact) mass is 281 g/mol. The topological polar surface area (TPSA) is 30.5 Å². The molecular formula is C10H10Cl3NO2. The third-order valence-electron chi connectivity index (χ3n) is 2.49. The second kappa shape index (κ2) is 4.59. The summed E-state index contributed by atoms with van der Waals surface area (Å²) in [5.41, 5.74) is 3.56. The fourth-order valence-electron chi connectivity index (χ4n) is 1.77. The molecule has 2 unspecified atom stereocenters. The van der Waals surface area contributed by atoms with E-state index in [1.807, 2.05) is 6.92 Å². The molecule has 0 bridgehead atoms. The molecule has 3 nitrogen and oxygen atoms in total. The maximum atomic E-state index is 6.14. The molecule has 6 heteroatoms. The van der Waals surface area contributed by atoms with Crippen molar-refractivity contribution in [1.29, 1.82) is 0 Å². The molecule has 2 atom stereocenters. The predicted molar refractivity (Wildman–Crippen MR) is 64.4 cm³/mol. The Morgan fingerprint density at radius 3 is 2.62 bits per heavy atom. The van der Waals surface area contributed by atoms with E-state index in [4.69, 9.17) is 44.4 Å². The van der Waals surface area contributed by atoms with Crippen molar-refractivity contribution in [1.82, 2.24) is 5.48 Å². The highest BCUT2D eigenvalue weighted by Gasteiger charge is 2.36. The van der Waals surface area contributed by atoms with Crippen LogP contribution in [0.15, 0.2) is 6.07 Å². The lowest BCUT2D eigenvalue weighted by Gasteiger charge is -2.15. The lowest BCUT2D eigenvalue weighted by molar-refractivity contribution is 0.0339. The number of benzene rings is 1. The number of hydrogen-bond acceptors (Lipinski definition) is 3. The second-order valence-corrected chi connectivity index (χ2v) is 4.71. The largest absolute Gasteiger partial charge is 0.487 e. The van der Waals surface area contributed by atoms with E-state index in [0.29, 0.717) is 20.8 Å². The van der Waals surface area contributed by atoms with Crippen LogP contribution in [-0.4, -0.2) is 13.2 Å². The molecule has 16 heavy (non-hydrogen) atoms. The molecule has 0 saturated heterocycles. The van der Waals surface area contributed by atoms with E-state index in [1.54, 1.807) is 6.07 Å². The second-order valence-electron chi connectivity index (χ2n) is 3.52. The fourth-order valence-corrected chi connectivity index (χ4v) is 2.55. The van der Waals surface area contributed by atoms with E-state index < -0.39 is 0 Å². The first-order valence-electron chi connectivity index (χ1n) is 4.68. The molecule has 1 aliphatic heterocycles. The van der Waals surface area contributed by atoms with Crippen LogP contribution in [0.4, 0.5) is 0 Å². The maximum Gasteiger partial charge on any atom is 0.145 e. The Balaban J connectivity index is 2.54. The van der Waals surface area contributed by atoms with Gasteiger partial charge in [-0.3, -0.25) is 0 Å². The quantitative estimate of drug-likeness (QED) is 0.664. The predicted octanol–water partition coefficient (Wildman–Crippen LogP) is 3.62. The van der Waals surface area contributed by atoms with Crippen molar-refractivity contribution in [2.45, 2.75) is 19.1 Å². The molecule has 0 spiro atoms. The molecule has 1 N–H and O–H groups in total. The van der Waals surface area contributed by atoms with E-state index >= 15 is 0 Å². The first-order valence-corrected chi connectivity index (χ1v) is 5.82. The Kier molecular flexibility index (Phi) is 3.52. The Morgan fingerprint density at radius 1 is 1.31 bits per heavy atom. The van der Waals surface area contributed by atoms with Gasteiger partial charge in [0.05, 0.1) is 28.2 Å². The molecule has 1 aliphatic rings. The van der Waals surface area contributed by atoms with E-state index in [2.05, 4.69) is 5.48 Å². The maximum absolute atomic E-state index is 6.14. The summed E-state index contributed by atoms with van der Waals surface area (Å²) in [5, 5.41) is 1.31. The van der Waals surface area contributed by atoms with Crippen LogP contribution in [0, 0.1) is 0 Å². The lowest BCUT2D eigenvalue weighted by atomic mass is 10.1. The summed E-state index contributed by atoms with van der Waals surface area (Å²) in [6.07, 6.45) is -0.122. The van der Waals surface area contributed by atoms with Gasteiger partial charge in [-0.25, -0.2) is 0 Å². The highest BCUT2D eigenvalue weighted by molar-refractivity contribution is 6.44. The molecule has 0 saturated carbocycles. The minimum atomic E-state index is -0.177. The zero-order valence-corrected chi connectivity index (χ0v) is 11.0. The van der Waals surface area contributed by atoms with Gasteiger partial charge in [0.1, 0.15) is 11.9 Å². The molecule has 0 radical (unpaired) electrons. The van der Waals surface area contributed by atoms with Crippen molar-refractivity contribution in [2.24, 2.45) is 0 Å². The molecular weight excluding hydrogens is 272 g/mol. The normalized spacial score (nSPS) is 23.1. The zero-order chi connectivity index (χ0) is 11.9. The first-order chi connectivity index (χ1) is 7.56. The van der Waals surface area contributed by atoms with Crippen LogP contribution >= 0.6 is 34.8 Å². The molecule has 1 aromatic carbocycles. The standard InChI is InChI=1S/C10H10Cl3NO2/c1-4-9(14-15-2)7-8(13)5(11)3-6(12)10(7)16-4/h3-4,9,14H,1-2H3. The number of hydroxylamine groups is 1. The Hall–Kier alpha value is -0.190. The van der Waals surface area contributed by atoms with E-state index in [1.165, 1.54) is 7.11 Å². The van der Waals surface area contributed by atoms with Crippen LogP contribution in [0.1, 0.15) is 18.5 Å². The van der Waals surface area contributed by atoms with Gasteiger partial charge in [0.15, 0.2) is 0 Å². The molecule has 1 aromatic rings. The van der Waals surface area contributed by atoms with Crippen molar-refractivity contribution in [3.63, 3.8) is 0 Å². The Bertz CT molecular complexity index is 425. The van der Waals surface area contributed by atoms with E-state index in [-0.39, 0.29) is 12.1 Å². The third-order valence-corrected chi connectivity index (χ3v) is 3.57. The van der Waals surface area contributed by atoms with Crippen molar-refractivity contribution in [3.05, 3.63) is 26.7 Å². The minimum Gasteiger partial charge on any atom is -0.487 e. The number of halogens is 3.